The molecule has 0 unspecified atom stereocenters. The van der Waals surface area contributed by atoms with Crippen molar-refractivity contribution >= 4 is 22.6 Å². The van der Waals surface area contributed by atoms with Crippen LogP contribution in [-0.2, 0) is 35.8 Å². The van der Waals surface area contributed by atoms with Crippen LogP contribution in [0.4, 0.5) is 0 Å². The first kappa shape index (κ1) is 29.7. The summed E-state index contributed by atoms with van der Waals surface area (Å²) in [4.78, 5) is 29.7. The lowest BCUT2D eigenvalue weighted by atomic mass is 9.49. The molecule has 5 heteroatoms. The van der Waals surface area contributed by atoms with Crippen molar-refractivity contribution in [2.75, 3.05) is 0 Å². The highest BCUT2D eigenvalue weighted by molar-refractivity contribution is 6.04. The summed E-state index contributed by atoms with van der Waals surface area (Å²) in [5.41, 5.74) is 6.67. The number of nitrogens with zero attached hydrogens (tertiary/aromatic N) is 1. The fraction of sp³-hybridized carbons (Fsp3) is 0.400. The van der Waals surface area contributed by atoms with Crippen LogP contribution in [0.3, 0.4) is 0 Å². The highest BCUT2D eigenvalue weighted by Gasteiger charge is 2.55. The molecule has 4 aromatic rings. The Kier molecular flexibility index (Phi) is 7.99. The standard InChI is InChI=1S/C40H43NO4/c1-26-12-27(2)14-34(13-26)23-41(39(44)40-19-31-15-32(20-40)17-33(16-31)21-40)22-28-6-8-29(9-7-28)25-45-38(43)36-5-3-4-35-11-10-30(24-42)18-37(35)36/h3-14,18,31-33,42H,15-17,19-25H2,1-2H3. The van der Waals surface area contributed by atoms with Crippen LogP contribution in [0.5, 0.6) is 0 Å². The fourth-order valence-electron chi connectivity index (χ4n) is 9.07. The zero-order chi connectivity index (χ0) is 31.1. The molecule has 8 rings (SSSR count). The van der Waals surface area contributed by atoms with Gasteiger partial charge in [-0.15, -0.1) is 0 Å². The Bertz CT molecular complexity index is 1680. The number of amides is 1. The molecule has 0 spiro atoms. The SMILES string of the molecule is Cc1cc(C)cc(CN(Cc2ccc(COC(=O)c3cccc4ccc(CO)cc34)cc2)C(=O)C23CC4CC(CC(C4)C2)C3)c1. The minimum atomic E-state index is -0.388. The number of carbonyl (C=O) groups is 2. The molecule has 4 saturated carbocycles. The summed E-state index contributed by atoms with van der Waals surface area (Å²) in [5.74, 6) is 2.11. The van der Waals surface area contributed by atoms with Crippen molar-refractivity contribution in [1.82, 2.24) is 4.90 Å². The Morgan fingerprint density at radius 1 is 0.756 bits per heavy atom. The maximum absolute atomic E-state index is 14.5. The number of carbonyl (C=O) groups excluding carboxylic acids is 2. The van der Waals surface area contributed by atoms with E-state index in [4.69, 9.17) is 4.74 Å². The number of fused-ring (bicyclic) bond motifs is 1. The van der Waals surface area contributed by atoms with Gasteiger partial charge in [0, 0.05) is 13.1 Å². The van der Waals surface area contributed by atoms with Gasteiger partial charge in [0.2, 0.25) is 5.91 Å². The van der Waals surface area contributed by atoms with Crippen LogP contribution >= 0.6 is 0 Å². The summed E-state index contributed by atoms with van der Waals surface area (Å²) < 4.78 is 5.73. The smallest absolute Gasteiger partial charge is 0.339 e. The van der Waals surface area contributed by atoms with Crippen LogP contribution < -0.4 is 0 Å². The molecule has 4 aliphatic carbocycles. The Labute approximate surface area is 266 Å². The lowest BCUT2D eigenvalue weighted by Gasteiger charge is -2.56. The van der Waals surface area contributed by atoms with Crippen molar-refractivity contribution in [2.24, 2.45) is 23.2 Å². The highest BCUT2D eigenvalue weighted by atomic mass is 16.5. The van der Waals surface area contributed by atoms with E-state index in [1.165, 1.54) is 36.0 Å². The molecule has 4 aromatic carbocycles. The van der Waals surface area contributed by atoms with Gasteiger partial charge in [-0.2, -0.15) is 0 Å². The molecule has 0 saturated heterocycles. The molecule has 0 atom stereocenters. The molecule has 4 bridgehead atoms. The molecule has 45 heavy (non-hydrogen) atoms. The van der Waals surface area contributed by atoms with Gasteiger partial charge in [0.25, 0.3) is 0 Å². The molecule has 5 nitrogen and oxygen atoms in total. The first-order valence-electron chi connectivity index (χ1n) is 16.5. The lowest BCUT2D eigenvalue weighted by Crippen LogP contribution is -2.54. The third-order valence-electron chi connectivity index (χ3n) is 10.5. The summed E-state index contributed by atoms with van der Waals surface area (Å²) in [6.07, 6.45) is 7.13. The van der Waals surface area contributed by atoms with E-state index in [0.717, 1.165) is 64.5 Å². The van der Waals surface area contributed by atoms with Gasteiger partial charge >= 0.3 is 5.97 Å². The first-order valence-corrected chi connectivity index (χ1v) is 16.5. The molecule has 4 aliphatic rings. The molecule has 0 radical (unpaired) electrons. The normalized spacial score (nSPS) is 23.3. The van der Waals surface area contributed by atoms with Gasteiger partial charge in [-0.05, 0) is 115 Å². The number of hydrogen-bond acceptors (Lipinski definition) is 4. The Morgan fingerprint density at radius 2 is 1.36 bits per heavy atom. The monoisotopic (exact) mass is 601 g/mol. The summed E-state index contributed by atoms with van der Waals surface area (Å²) in [7, 11) is 0. The summed E-state index contributed by atoms with van der Waals surface area (Å²) in [6, 6.07) is 25.9. The van der Waals surface area contributed by atoms with E-state index in [1.807, 2.05) is 42.5 Å². The maximum Gasteiger partial charge on any atom is 0.339 e. The first-order chi connectivity index (χ1) is 21.8. The molecular weight excluding hydrogens is 558 g/mol. The van der Waals surface area contributed by atoms with Crippen LogP contribution in [0.15, 0.2) is 78.9 Å². The predicted octanol–water partition coefficient (Wildman–Crippen LogP) is 8.05. The second kappa shape index (κ2) is 12.1. The van der Waals surface area contributed by atoms with Gasteiger partial charge in [-0.25, -0.2) is 4.79 Å². The molecule has 1 N–H and O–H groups in total. The van der Waals surface area contributed by atoms with E-state index < -0.39 is 0 Å². The van der Waals surface area contributed by atoms with Crippen molar-refractivity contribution < 1.29 is 19.4 Å². The largest absolute Gasteiger partial charge is 0.457 e. The number of ether oxygens (including phenoxy) is 1. The van der Waals surface area contributed by atoms with Crippen molar-refractivity contribution in [1.29, 1.82) is 0 Å². The van der Waals surface area contributed by atoms with Gasteiger partial charge < -0.3 is 14.7 Å². The summed E-state index contributed by atoms with van der Waals surface area (Å²) in [5, 5.41) is 11.3. The molecular formula is C40H43NO4. The van der Waals surface area contributed by atoms with Crippen molar-refractivity contribution in [3.05, 3.63) is 118 Å². The van der Waals surface area contributed by atoms with Crippen molar-refractivity contribution in [3.63, 3.8) is 0 Å². The average molecular weight is 602 g/mol. The van der Waals surface area contributed by atoms with Crippen LogP contribution in [0.2, 0.25) is 0 Å². The number of benzene rings is 4. The molecule has 1 amide bonds. The average Bonchev–Trinajstić information content (AvgIpc) is 3.02. The van der Waals surface area contributed by atoms with E-state index in [0.29, 0.717) is 24.6 Å². The van der Waals surface area contributed by atoms with E-state index in [9.17, 15) is 14.7 Å². The topological polar surface area (TPSA) is 66.8 Å². The molecule has 0 heterocycles. The Hall–Kier alpha value is -3.96. The maximum atomic E-state index is 14.5. The third-order valence-corrected chi connectivity index (χ3v) is 10.5. The molecule has 4 fully saturated rings. The molecule has 0 aromatic heterocycles. The number of hydrogen-bond donors (Lipinski definition) is 1. The van der Waals surface area contributed by atoms with Gasteiger partial charge in [-0.3, -0.25) is 4.79 Å². The number of aliphatic hydroxyl groups excluding tert-OH is 1. The minimum Gasteiger partial charge on any atom is -0.457 e. The quantitative estimate of drug-likeness (QED) is 0.197. The lowest BCUT2D eigenvalue weighted by molar-refractivity contribution is -0.159. The Balaban J connectivity index is 1.07. The van der Waals surface area contributed by atoms with Crippen LogP contribution in [0.25, 0.3) is 10.8 Å². The van der Waals surface area contributed by atoms with Gasteiger partial charge in [0.1, 0.15) is 6.61 Å². The molecule has 0 aliphatic heterocycles. The van der Waals surface area contributed by atoms with Gasteiger partial charge in [0.05, 0.1) is 17.6 Å². The number of rotatable bonds is 9. The van der Waals surface area contributed by atoms with E-state index in [-0.39, 0.29) is 24.6 Å². The second-order valence-electron chi connectivity index (χ2n) is 14.3. The zero-order valence-corrected chi connectivity index (χ0v) is 26.4. The van der Waals surface area contributed by atoms with Crippen LogP contribution in [0.1, 0.15) is 82.3 Å². The van der Waals surface area contributed by atoms with E-state index >= 15 is 0 Å². The predicted molar refractivity (Wildman–Crippen MR) is 176 cm³/mol. The third kappa shape index (κ3) is 6.15. The van der Waals surface area contributed by atoms with Gasteiger partial charge in [-0.1, -0.05) is 77.9 Å². The van der Waals surface area contributed by atoms with Crippen molar-refractivity contribution in [2.45, 2.75) is 78.7 Å². The zero-order valence-electron chi connectivity index (χ0n) is 26.4. The highest BCUT2D eigenvalue weighted by Crippen LogP contribution is 2.60. The Morgan fingerprint density at radius 3 is 2.00 bits per heavy atom. The van der Waals surface area contributed by atoms with E-state index in [1.54, 1.807) is 6.07 Å². The number of aliphatic hydroxyl groups is 1. The molecule has 232 valence electrons. The fourth-order valence-corrected chi connectivity index (χ4v) is 9.07. The van der Waals surface area contributed by atoms with Crippen LogP contribution in [0, 0.1) is 37.0 Å². The number of esters is 1. The minimum absolute atomic E-state index is 0.0815. The second-order valence-corrected chi connectivity index (χ2v) is 14.3. The van der Waals surface area contributed by atoms with Crippen LogP contribution in [-0.4, -0.2) is 21.9 Å². The van der Waals surface area contributed by atoms with Gasteiger partial charge in [0.15, 0.2) is 0 Å². The number of aryl methyl sites for hydroxylation is 2. The van der Waals surface area contributed by atoms with Crippen molar-refractivity contribution in [3.8, 4) is 0 Å². The summed E-state index contributed by atoms with van der Waals surface area (Å²) in [6.45, 7) is 5.51. The van der Waals surface area contributed by atoms with E-state index in [2.05, 4.69) is 49.1 Å². The summed E-state index contributed by atoms with van der Waals surface area (Å²) >= 11 is 0.